The summed E-state index contributed by atoms with van der Waals surface area (Å²) in [6, 6.07) is 6.70. The van der Waals surface area contributed by atoms with Gasteiger partial charge in [-0.05, 0) is 12.1 Å². The van der Waals surface area contributed by atoms with E-state index < -0.39 is 26.1 Å². The highest BCUT2D eigenvalue weighted by Crippen LogP contribution is 2.29. The zero-order valence-corrected chi connectivity index (χ0v) is 12.9. The smallest absolute Gasteiger partial charge is 0.272 e. The number of nitro benzene ring substituents is 3. The van der Waals surface area contributed by atoms with E-state index in [0.29, 0.717) is 0 Å². The average Bonchev–Trinajstić information content (AvgIpc) is 2.56. The van der Waals surface area contributed by atoms with Crippen molar-refractivity contribution < 1.29 is 14.8 Å². The molecule has 0 amide bonds. The van der Waals surface area contributed by atoms with Crippen LogP contribution in [0.5, 0.6) is 0 Å². The molecule has 0 heterocycles. The third-order valence-electron chi connectivity index (χ3n) is 2.97. The number of nitrogens with zero attached hydrogens (tertiary/aromatic N) is 4. The Morgan fingerprint density at radius 2 is 1.52 bits per heavy atom. The van der Waals surface area contributed by atoms with Gasteiger partial charge in [0.05, 0.1) is 27.1 Å². The second-order valence-corrected chi connectivity index (χ2v) is 4.96. The maximum atomic E-state index is 11.0. The number of anilines is 1. The summed E-state index contributed by atoms with van der Waals surface area (Å²) >= 11 is 5.90. The molecule has 0 atom stereocenters. The number of nitrogens with one attached hydrogen (secondary N) is 1. The molecule has 0 bridgehead atoms. The van der Waals surface area contributed by atoms with E-state index in [1.165, 1.54) is 18.2 Å². The summed E-state index contributed by atoms with van der Waals surface area (Å²) in [5.74, 6) is 0. The molecule has 0 saturated heterocycles. The van der Waals surface area contributed by atoms with Crippen molar-refractivity contribution in [3.05, 3.63) is 77.3 Å². The van der Waals surface area contributed by atoms with Gasteiger partial charge in [-0.1, -0.05) is 11.6 Å². The number of non-ortho nitro benzene ring substituents is 2. The Morgan fingerprint density at radius 3 is 2.12 bits per heavy atom. The van der Waals surface area contributed by atoms with Crippen LogP contribution in [-0.4, -0.2) is 21.0 Å². The highest BCUT2D eigenvalue weighted by Gasteiger charge is 2.19. The van der Waals surface area contributed by atoms with Gasteiger partial charge < -0.3 is 0 Å². The van der Waals surface area contributed by atoms with Crippen LogP contribution in [0, 0.1) is 30.3 Å². The van der Waals surface area contributed by atoms with Crippen molar-refractivity contribution in [3.63, 3.8) is 0 Å². The van der Waals surface area contributed by atoms with Gasteiger partial charge >= 0.3 is 5.69 Å². The molecule has 0 radical (unpaired) electrons. The maximum Gasteiger partial charge on any atom is 0.301 e. The van der Waals surface area contributed by atoms with Crippen LogP contribution in [0.3, 0.4) is 0 Å². The minimum Gasteiger partial charge on any atom is -0.272 e. The summed E-state index contributed by atoms with van der Waals surface area (Å²) in [6.07, 6.45) is 1.14. The van der Waals surface area contributed by atoms with E-state index >= 15 is 0 Å². The van der Waals surface area contributed by atoms with E-state index in [9.17, 15) is 30.3 Å². The second kappa shape index (κ2) is 7.31. The number of hydrogen-bond donors (Lipinski definition) is 1. The van der Waals surface area contributed by atoms with Crippen molar-refractivity contribution in [2.45, 2.75) is 0 Å². The molecule has 25 heavy (non-hydrogen) atoms. The van der Waals surface area contributed by atoms with Gasteiger partial charge in [-0.3, -0.25) is 35.8 Å². The third kappa shape index (κ3) is 4.23. The predicted molar refractivity (Wildman–Crippen MR) is 89.1 cm³/mol. The van der Waals surface area contributed by atoms with Crippen molar-refractivity contribution in [1.82, 2.24) is 0 Å². The standard InChI is InChI=1S/C13H8ClN5O6/c14-11-3-1-9(17(20)21)5-8(11)7-15-16-12-4-2-10(18(22)23)6-13(12)19(24)25/h1-7,16H/b15-7-. The molecular formula is C13H8ClN5O6. The summed E-state index contributed by atoms with van der Waals surface area (Å²) in [6.45, 7) is 0. The van der Waals surface area contributed by atoms with Crippen molar-refractivity contribution in [1.29, 1.82) is 0 Å². The lowest BCUT2D eigenvalue weighted by Gasteiger charge is -2.02. The number of halogens is 1. The summed E-state index contributed by atoms with van der Waals surface area (Å²) in [5.41, 5.74) is 1.30. The van der Waals surface area contributed by atoms with Gasteiger partial charge in [0, 0.05) is 28.8 Å². The fraction of sp³-hybridized carbons (Fsp3) is 0. The van der Waals surface area contributed by atoms with Crippen molar-refractivity contribution in [2.24, 2.45) is 5.10 Å². The molecule has 11 nitrogen and oxygen atoms in total. The number of benzene rings is 2. The molecule has 0 aliphatic carbocycles. The summed E-state index contributed by atoms with van der Waals surface area (Å²) in [5, 5.41) is 36.3. The van der Waals surface area contributed by atoms with Gasteiger partial charge in [0.1, 0.15) is 5.69 Å². The number of hydrazone groups is 1. The first-order chi connectivity index (χ1) is 11.8. The first-order valence-corrected chi connectivity index (χ1v) is 6.83. The molecule has 2 aromatic rings. The van der Waals surface area contributed by atoms with Crippen LogP contribution in [0.15, 0.2) is 41.5 Å². The van der Waals surface area contributed by atoms with Crippen LogP contribution in [-0.2, 0) is 0 Å². The molecule has 0 unspecified atom stereocenters. The molecule has 128 valence electrons. The van der Waals surface area contributed by atoms with E-state index in [4.69, 9.17) is 11.6 Å². The molecule has 0 saturated carbocycles. The fourth-order valence-corrected chi connectivity index (χ4v) is 1.96. The van der Waals surface area contributed by atoms with Crippen LogP contribution in [0.1, 0.15) is 5.56 Å². The summed E-state index contributed by atoms with van der Waals surface area (Å²) < 4.78 is 0. The first kappa shape index (κ1) is 17.7. The molecule has 0 spiro atoms. The van der Waals surface area contributed by atoms with E-state index in [1.54, 1.807) is 0 Å². The van der Waals surface area contributed by atoms with Crippen LogP contribution >= 0.6 is 11.6 Å². The highest BCUT2D eigenvalue weighted by atomic mass is 35.5. The topological polar surface area (TPSA) is 154 Å². The lowest BCUT2D eigenvalue weighted by molar-refractivity contribution is -0.393. The minimum absolute atomic E-state index is 0.0894. The quantitative estimate of drug-likeness (QED) is 0.466. The van der Waals surface area contributed by atoms with Gasteiger partial charge in [-0.2, -0.15) is 5.10 Å². The first-order valence-electron chi connectivity index (χ1n) is 6.45. The largest absolute Gasteiger partial charge is 0.301 e. The molecule has 0 fully saturated rings. The number of rotatable bonds is 6. The molecule has 2 rings (SSSR count). The minimum atomic E-state index is -0.800. The molecule has 0 aliphatic rings. The number of hydrogen-bond acceptors (Lipinski definition) is 8. The van der Waals surface area contributed by atoms with Gasteiger partial charge in [0.15, 0.2) is 0 Å². The van der Waals surface area contributed by atoms with E-state index in [-0.39, 0.29) is 22.0 Å². The molecule has 12 heteroatoms. The zero-order chi connectivity index (χ0) is 18.6. The molecule has 0 aromatic heterocycles. The van der Waals surface area contributed by atoms with Gasteiger partial charge in [0.25, 0.3) is 11.4 Å². The normalized spacial score (nSPS) is 10.6. The van der Waals surface area contributed by atoms with E-state index in [1.807, 2.05) is 0 Å². The number of nitro groups is 3. The lowest BCUT2D eigenvalue weighted by Crippen LogP contribution is -1.99. The Hall–Kier alpha value is -3.60. The molecule has 2 aromatic carbocycles. The van der Waals surface area contributed by atoms with Crippen molar-refractivity contribution in [2.75, 3.05) is 5.43 Å². The zero-order valence-electron chi connectivity index (χ0n) is 12.2. The Labute approximate surface area is 144 Å². The Balaban J connectivity index is 2.28. The van der Waals surface area contributed by atoms with Crippen molar-refractivity contribution >= 4 is 40.6 Å². The summed E-state index contributed by atoms with van der Waals surface area (Å²) in [4.78, 5) is 30.2. The Morgan fingerprint density at radius 1 is 0.920 bits per heavy atom. The Kier molecular flexibility index (Phi) is 5.19. The predicted octanol–water partition coefficient (Wildman–Crippen LogP) is 3.51. The highest BCUT2D eigenvalue weighted by molar-refractivity contribution is 6.33. The molecule has 1 N–H and O–H groups in total. The van der Waals surface area contributed by atoms with Crippen LogP contribution < -0.4 is 5.43 Å². The monoisotopic (exact) mass is 365 g/mol. The van der Waals surface area contributed by atoms with Crippen LogP contribution in [0.25, 0.3) is 0 Å². The Bertz CT molecular complexity index is 900. The lowest BCUT2D eigenvalue weighted by atomic mass is 10.2. The van der Waals surface area contributed by atoms with Gasteiger partial charge in [-0.15, -0.1) is 0 Å². The second-order valence-electron chi connectivity index (χ2n) is 4.55. The van der Waals surface area contributed by atoms with Gasteiger partial charge in [-0.25, -0.2) is 0 Å². The average molecular weight is 366 g/mol. The maximum absolute atomic E-state index is 11.0. The van der Waals surface area contributed by atoms with Crippen LogP contribution in [0.2, 0.25) is 5.02 Å². The van der Waals surface area contributed by atoms with Gasteiger partial charge in [0.2, 0.25) is 0 Å². The summed E-state index contributed by atoms with van der Waals surface area (Å²) in [7, 11) is 0. The fourth-order valence-electron chi connectivity index (χ4n) is 1.79. The third-order valence-corrected chi connectivity index (χ3v) is 3.31. The van der Waals surface area contributed by atoms with Crippen molar-refractivity contribution in [3.8, 4) is 0 Å². The van der Waals surface area contributed by atoms with E-state index in [2.05, 4.69) is 10.5 Å². The van der Waals surface area contributed by atoms with E-state index in [0.717, 1.165) is 24.4 Å². The van der Waals surface area contributed by atoms with Crippen LogP contribution in [0.4, 0.5) is 22.7 Å². The SMILES string of the molecule is O=[N+]([O-])c1ccc(Cl)c(/C=N\Nc2ccc([N+](=O)[O-])cc2[N+](=O)[O-])c1. The molecular weight excluding hydrogens is 358 g/mol. The molecule has 0 aliphatic heterocycles.